The van der Waals surface area contributed by atoms with Gasteiger partial charge in [-0.2, -0.15) is 5.10 Å². The number of carbonyl (C=O) groups is 1. The highest BCUT2D eigenvalue weighted by Gasteiger charge is 2.10. The van der Waals surface area contributed by atoms with Gasteiger partial charge >= 0.3 is 5.69 Å². The van der Waals surface area contributed by atoms with Crippen molar-refractivity contribution >= 4 is 5.91 Å². The van der Waals surface area contributed by atoms with E-state index < -0.39 is 5.69 Å². The zero-order valence-corrected chi connectivity index (χ0v) is 9.55. The van der Waals surface area contributed by atoms with Crippen LogP contribution in [0.15, 0.2) is 11.0 Å². The van der Waals surface area contributed by atoms with Crippen LogP contribution in [-0.4, -0.2) is 26.1 Å². The van der Waals surface area contributed by atoms with E-state index >= 15 is 0 Å². The molecule has 7 nitrogen and oxygen atoms in total. The van der Waals surface area contributed by atoms with Crippen molar-refractivity contribution in [3.8, 4) is 0 Å². The molecule has 0 spiro atoms. The van der Waals surface area contributed by atoms with E-state index in [2.05, 4.69) is 25.5 Å². The number of hydrogen-bond acceptors (Lipinski definition) is 3. The molecule has 0 aliphatic carbocycles. The zero-order chi connectivity index (χ0) is 12.4. The van der Waals surface area contributed by atoms with E-state index in [-0.39, 0.29) is 11.6 Å². The van der Waals surface area contributed by atoms with Crippen molar-refractivity contribution in [3.05, 3.63) is 39.3 Å². The van der Waals surface area contributed by atoms with Crippen LogP contribution in [0, 0.1) is 13.8 Å². The van der Waals surface area contributed by atoms with Gasteiger partial charge < -0.3 is 15.3 Å². The lowest BCUT2D eigenvalue weighted by Crippen LogP contribution is -2.24. The van der Waals surface area contributed by atoms with E-state index in [0.29, 0.717) is 6.54 Å². The highest BCUT2D eigenvalue weighted by molar-refractivity contribution is 5.91. The number of nitrogens with one attached hydrogen (secondary N) is 4. The lowest BCUT2D eigenvalue weighted by atomic mass is 10.2. The molecular formula is C10H13N5O2. The number of H-pyrrole nitrogens is 3. The SMILES string of the molecule is Cc1n[nH]c(C)c1CNC(=O)c1c[nH]c(=O)[nH]1. The van der Waals surface area contributed by atoms with Gasteiger partial charge in [0.2, 0.25) is 0 Å². The maximum atomic E-state index is 11.6. The second-order valence-electron chi connectivity index (χ2n) is 3.75. The van der Waals surface area contributed by atoms with Crippen molar-refractivity contribution in [1.29, 1.82) is 0 Å². The van der Waals surface area contributed by atoms with E-state index in [0.717, 1.165) is 17.0 Å². The van der Waals surface area contributed by atoms with Crippen molar-refractivity contribution in [2.24, 2.45) is 0 Å². The molecule has 0 saturated carbocycles. The van der Waals surface area contributed by atoms with Gasteiger partial charge in [0.15, 0.2) is 0 Å². The van der Waals surface area contributed by atoms with Crippen LogP contribution in [0.2, 0.25) is 0 Å². The van der Waals surface area contributed by atoms with E-state index in [9.17, 15) is 9.59 Å². The molecule has 0 aromatic carbocycles. The van der Waals surface area contributed by atoms with Gasteiger partial charge in [-0.25, -0.2) is 4.79 Å². The first kappa shape index (κ1) is 11.2. The fourth-order valence-electron chi connectivity index (χ4n) is 1.55. The van der Waals surface area contributed by atoms with Gasteiger partial charge in [0.25, 0.3) is 5.91 Å². The van der Waals surface area contributed by atoms with E-state index in [4.69, 9.17) is 0 Å². The highest BCUT2D eigenvalue weighted by Crippen LogP contribution is 2.08. The fraction of sp³-hybridized carbons (Fsp3) is 0.300. The number of aryl methyl sites for hydroxylation is 2. The molecular weight excluding hydrogens is 222 g/mol. The van der Waals surface area contributed by atoms with Crippen LogP contribution < -0.4 is 11.0 Å². The van der Waals surface area contributed by atoms with Crippen molar-refractivity contribution in [3.63, 3.8) is 0 Å². The van der Waals surface area contributed by atoms with Crippen LogP contribution in [0.5, 0.6) is 0 Å². The van der Waals surface area contributed by atoms with Gasteiger partial charge in [-0.1, -0.05) is 0 Å². The van der Waals surface area contributed by atoms with Crippen molar-refractivity contribution < 1.29 is 4.79 Å². The van der Waals surface area contributed by atoms with E-state index in [1.165, 1.54) is 6.20 Å². The summed E-state index contributed by atoms with van der Waals surface area (Å²) < 4.78 is 0. The molecule has 17 heavy (non-hydrogen) atoms. The predicted molar refractivity (Wildman–Crippen MR) is 60.6 cm³/mol. The average Bonchev–Trinajstić information content (AvgIpc) is 2.84. The molecule has 0 atom stereocenters. The quantitative estimate of drug-likeness (QED) is 0.600. The first-order valence-electron chi connectivity index (χ1n) is 5.14. The Labute approximate surface area is 96.6 Å². The molecule has 4 N–H and O–H groups in total. The standard InChI is InChI=1S/C10H13N5O2/c1-5-7(6(2)15-14-5)3-11-9(16)8-4-12-10(17)13-8/h4H,3H2,1-2H3,(H,11,16)(H,14,15)(H2,12,13,17). The number of aromatic nitrogens is 4. The summed E-state index contributed by atoms with van der Waals surface area (Å²) in [7, 11) is 0. The molecule has 0 unspecified atom stereocenters. The van der Waals surface area contributed by atoms with Gasteiger partial charge in [0.05, 0.1) is 5.69 Å². The zero-order valence-electron chi connectivity index (χ0n) is 9.55. The minimum Gasteiger partial charge on any atom is -0.347 e. The third kappa shape index (κ3) is 2.27. The summed E-state index contributed by atoms with van der Waals surface area (Å²) in [4.78, 5) is 27.2. The minimum absolute atomic E-state index is 0.216. The summed E-state index contributed by atoms with van der Waals surface area (Å²) in [5, 5.41) is 9.58. The first-order chi connectivity index (χ1) is 8.08. The molecule has 7 heteroatoms. The minimum atomic E-state index is -0.397. The summed E-state index contributed by atoms with van der Waals surface area (Å²) in [6, 6.07) is 0. The molecule has 2 heterocycles. The Kier molecular flexibility index (Phi) is 2.82. The molecule has 2 aromatic heterocycles. The van der Waals surface area contributed by atoms with Gasteiger partial charge in [-0.3, -0.25) is 9.89 Å². The van der Waals surface area contributed by atoms with Gasteiger partial charge in [-0.05, 0) is 13.8 Å². The summed E-state index contributed by atoms with van der Waals surface area (Å²) in [5.41, 5.74) is 2.55. The Bertz CT molecular complexity index is 572. The Morgan fingerprint density at radius 3 is 2.76 bits per heavy atom. The second-order valence-corrected chi connectivity index (χ2v) is 3.75. The molecule has 2 aromatic rings. The summed E-state index contributed by atoms with van der Waals surface area (Å²) in [6.45, 7) is 4.13. The van der Waals surface area contributed by atoms with Crippen molar-refractivity contribution in [1.82, 2.24) is 25.5 Å². The normalized spacial score (nSPS) is 10.5. The Balaban J connectivity index is 2.04. The number of carbonyl (C=O) groups excluding carboxylic acids is 1. The molecule has 0 fully saturated rings. The maximum absolute atomic E-state index is 11.6. The average molecular weight is 235 g/mol. The van der Waals surface area contributed by atoms with Crippen LogP contribution in [0.1, 0.15) is 27.4 Å². The third-order valence-electron chi connectivity index (χ3n) is 2.55. The number of nitrogens with zero attached hydrogens (tertiary/aromatic N) is 1. The van der Waals surface area contributed by atoms with Crippen LogP contribution in [0.25, 0.3) is 0 Å². The van der Waals surface area contributed by atoms with Gasteiger partial charge in [-0.15, -0.1) is 0 Å². The molecule has 0 bridgehead atoms. The van der Waals surface area contributed by atoms with Crippen LogP contribution in [0.3, 0.4) is 0 Å². The molecule has 2 rings (SSSR count). The van der Waals surface area contributed by atoms with Gasteiger partial charge in [0, 0.05) is 24.0 Å². The molecule has 0 aliphatic heterocycles. The second kappa shape index (κ2) is 4.28. The molecule has 0 radical (unpaired) electrons. The largest absolute Gasteiger partial charge is 0.347 e. The number of rotatable bonds is 3. The number of aromatic amines is 3. The lowest BCUT2D eigenvalue weighted by molar-refractivity contribution is 0.0946. The highest BCUT2D eigenvalue weighted by atomic mass is 16.2. The topological polar surface area (TPSA) is 106 Å². The summed E-state index contributed by atoms with van der Waals surface area (Å²) >= 11 is 0. The van der Waals surface area contributed by atoms with Gasteiger partial charge in [0.1, 0.15) is 5.69 Å². The Morgan fingerprint density at radius 2 is 2.24 bits per heavy atom. The molecule has 90 valence electrons. The van der Waals surface area contributed by atoms with Crippen LogP contribution in [-0.2, 0) is 6.54 Å². The maximum Gasteiger partial charge on any atom is 0.323 e. The molecule has 1 amide bonds. The van der Waals surface area contributed by atoms with Crippen LogP contribution in [0.4, 0.5) is 0 Å². The van der Waals surface area contributed by atoms with E-state index in [1.807, 2.05) is 13.8 Å². The van der Waals surface area contributed by atoms with Crippen molar-refractivity contribution in [2.75, 3.05) is 0 Å². The molecule has 0 saturated heterocycles. The predicted octanol–water partition coefficient (Wildman–Crippen LogP) is -0.0271. The van der Waals surface area contributed by atoms with E-state index in [1.54, 1.807) is 0 Å². The smallest absolute Gasteiger partial charge is 0.323 e. The summed E-state index contributed by atoms with van der Waals surface area (Å²) in [5.74, 6) is -0.330. The Hall–Kier alpha value is -2.31. The first-order valence-corrected chi connectivity index (χ1v) is 5.14. The van der Waals surface area contributed by atoms with Crippen LogP contribution >= 0.6 is 0 Å². The lowest BCUT2D eigenvalue weighted by Gasteiger charge is -2.03. The third-order valence-corrected chi connectivity index (χ3v) is 2.55. The fourth-order valence-corrected chi connectivity index (χ4v) is 1.55. The number of amides is 1. The number of imidazole rings is 1. The Morgan fingerprint density at radius 1 is 1.47 bits per heavy atom. The molecule has 0 aliphatic rings. The monoisotopic (exact) mass is 235 g/mol. The summed E-state index contributed by atoms with van der Waals surface area (Å²) in [6.07, 6.45) is 1.34. The number of hydrogen-bond donors (Lipinski definition) is 4. The van der Waals surface area contributed by atoms with Crippen molar-refractivity contribution in [2.45, 2.75) is 20.4 Å².